The first-order valence-corrected chi connectivity index (χ1v) is 17.1. The van der Waals surface area contributed by atoms with Gasteiger partial charge in [-0.15, -0.1) is 0 Å². The molecule has 2 aromatic carbocycles. The highest BCUT2D eigenvalue weighted by Crippen LogP contribution is 2.46. The van der Waals surface area contributed by atoms with Crippen molar-refractivity contribution in [2.45, 2.75) is 77.2 Å². The van der Waals surface area contributed by atoms with Crippen molar-refractivity contribution in [1.82, 2.24) is 29.9 Å². The highest BCUT2D eigenvalue weighted by Gasteiger charge is 2.50. The molecule has 0 radical (unpaired) electrons. The Hall–Kier alpha value is -5.14. The minimum absolute atomic E-state index is 0.0621. The Morgan fingerprint density at radius 3 is 2.33 bits per heavy atom. The van der Waals surface area contributed by atoms with E-state index in [9.17, 15) is 35.5 Å². The average molecular weight is 777 g/mol. The number of hydrogen-bond acceptors (Lipinski definition) is 6. The molecule has 9 nitrogen and oxygen atoms in total. The van der Waals surface area contributed by atoms with Crippen molar-refractivity contribution in [3.63, 3.8) is 0 Å². The van der Waals surface area contributed by atoms with Crippen molar-refractivity contribution < 1.29 is 35.5 Å². The summed E-state index contributed by atoms with van der Waals surface area (Å²) in [6, 6.07) is 7.85. The van der Waals surface area contributed by atoms with E-state index >= 15 is 0 Å². The molecule has 17 heteroatoms. The molecule has 0 unspecified atom stereocenters. The van der Waals surface area contributed by atoms with E-state index in [1.807, 2.05) is 13.8 Å². The van der Waals surface area contributed by atoms with Crippen LogP contribution in [0.4, 0.5) is 36.6 Å². The summed E-state index contributed by atoms with van der Waals surface area (Å²) in [7, 11) is 1.62. The molecule has 5 aromatic rings. The molecule has 1 aliphatic rings. The Morgan fingerprint density at radius 1 is 1.06 bits per heavy atom. The van der Waals surface area contributed by atoms with Gasteiger partial charge in [0.1, 0.15) is 29.6 Å². The van der Waals surface area contributed by atoms with Crippen LogP contribution in [0.15, 0.2) is 42.5 Å². The second kappa shape index (κ2) is 14.9. The SMILES string of the molecule is CC.Cn1nc(N)c2c(Cl)ccc(-c3ccc(C#CC(C)(C)N)nc3[C@H](Cc3cc(F)cc(F)c3)NC(=O)Cn3nc(C(F)(F)F)c4c3C(F)(F)CC4)c21. The molecule has 54 heavy (non-hydrogen) atoms. The zero-order valence-electron chi connectivity index (χ0n) is 29.8. The molecule has 0 spiro atoms. The third kappa shape index (κ3) is 8.32. The molecule has 3 heterocycles. The molecular formula is C37H36ClF7N8O. The summed E-state index contributed by atoms with van der Waals surface area (Å²) in [5.41, 5.74) is 9.71. The number of benzene rings is 2. The highest BCUT2D eigenvalue weighted by molar-refractivity contribution is 6.37. The molecule has 0 saturated carbocycles. The summed E-state index contributed by atoms with van der Waals surface area (Å²) < 4.78 is 102. The van der Waals surface area contributed by atoms with Gasteiger partial charge in [0.2, 0.25) is 5.91 Å². The van der Waals surface area contributed by atoms with Crippen molar-refractivity contribution >= 4 is 34.2 Å². The first-order valence-electron chi connectivity index (χ1n) is 16.8. The molecule has 0 aliphatic heterocycles. The molecular weight excluding hydrogens is 741 g/mol. The molecule has 0 saturated heterocycles. The normalized spacial score (nSPS) is 14.2. The van der Waals surface area contributed by atoms with Crippen LogP contribution in [0.25, 0.3) is 22.0 Å². The van der Waals surface area contributed by atoms with Crippen LogP contribution in [0, 0.1) is 23.5 Å². The predicted octanol–water partition coefficient (Wildman–Crippen LogP) is 7.62. The Balaban J connectivity index is 0.00000276. The second-order valence-electron chi connectivity index (χ2n) is 13.1. The minimum atomic E-state index is -5.05. The van der Waals surface area contributed by atoms with Gasteiger partial charge in [0, 0.05) is 36.2 Å². The average Bonchev–Trinajstić information content (AvgIpc) is 3.71. The van der Waals surface area contributed by atoms with Crippen molar-refractivity contribution in [3.8, 4) is 23.0 Å². The predicted molar refractivity (Wildman–Crippen MR) is 190 cm³/mol. The Bertz CT molecular complexity index is 2280. The number of nitrogen functional groups attached to an aromatic ring is 1. The highest BCUT2D eigenvalue weighted by atomic mass is 35.5. The van der Waals surface area contributed by atoms with Gasteiger partial charge < -0.3 is 16.8 Å². The second-order valence-corrected chi connectivity index (χ2v) is 13.5. The van der Waals surface area contributed by atoms with E-state index in [0.29, 0.717) is 32.8 Å². The van der Waals surface area contributed by atoms with E-state index in [0.717, 1.165) is 12.1 Å². The number of rotatable bonds is 7. The van der Waals surface area contributed by atoms with E-state index in [1.54, 1.807) is 45.2 Å². The van der Waals surface area contributed by atoms with E-state index in [-0.39, 0.29) is 34.2 Å². The minimum Gasteiger partial charge on any atom is -0.382 e. The number of carbonyl (C=O) groups excluding carboxylic acids is 1. The standard InChI is InChI=1S/C35H30ClF7N8O.C2H6/c1-33(2,45)10-8-20-4-5-21(22-6-7-24(36)27-29(22)50(3)49-32(27)44)28(46-20)25(14-17-12-18(37)15-19(38)13-17)47-26(52)16-51-31-23(9-11-34(31,39)40)30(48-51)35(41,42)43;1-2/h4-7,12-13,15,25H,9,11,14,16,45H2,1-3H3,(H2,44,49)(H,47,52);1-2H3/t25-;/m0./s1. The smallest absolute Gasteiger partial charge is 0.382 e. The van der Waals surface area contributed by atoms with E-state index in [1.165, 1.54) is 4.68 Å². The molecule has 6 rings (SSSR count). The van der Waals surface area contributed by atoms with Crippen molar-refractivity contribution in [2.75, 3.05) is 5.73 Å². The molecule has 0 bridgehead atoms. The molecule has 0 fully saturated rings. The van der Waals surface area contributed by atoms with Gasteiger partial charge in [-0.2, -0.15) is 32.1 Å². The zero-order chi connectivity index (χ0) is 39.9. The summed E-state index contributed by atoms with van der Waals surface area (Å²) in [6.45, 7) is 6.28. The van der Waals surface area contributed by atoms with E-state index in [2.05, 4.69) is 27.4 Å². The summed E-state index contributed by atoms with van der Waals surface area (Å²) >= 11 is 6.48. The van der Waals surface area contributed by atoms with Crippen LogP contribution >= 0.6 is 11.6 Å². The number of hydrogen-bond donors (Lipinski definition) is 3. The molecule has 5 N–H and O–H groups in total. The van der Waals surface area contributed by atoms with Gasteiger partial charge in [-0.1, -0.05) is 37.4 Å². The monoisotopic (exact) mass is 776 g/mol. The number of pyridine rings is 1. The number of alkyl halides is 5. The van der Waals surface area contributed by atoms with Crippen molar-refractivity contribution in [1.29, 1.82) is 0 Å². The van der Waals surface area contributed by atoms with Crippen LogP contribution in [-0.2, 0) is 43.3 Å². The van der Waals surface area contributed by atoms with Crippen LogP contribution in [0.2, 0.25) is 5.02 Å². The Labute approximate surface area is 310 Å². The van der Waals surface area contributed by atoms with E-state index in [4.69, 9.17) is 28.1 Å². The number of carbonyl (C=O) groups is 1. The van der Waals surface area contributed by atoms with Crippen molar-refractivity contribution in [2.24, 2.45) is 12.8 Å². The summed E-state index contributed by atoms with van der Waals surface area (Å²) in [6.07, 6.45) is -6.83. The fraction of sp³-hybridized carbons (Fsp3) is 0.351. The van der Waals surface area contributed by atoms with Crippen LogP contribution in [0.5, 0.6) is 0 Å². The number of aryl methyl sites for hydroxylation is 1. The Kier molecular flexibility index (Phi) is 11.1. The molecule has 286 valence electrons. The quantitative estimate of drug-likeness (QED) is 0.115. The van der Waals surface area contributed by atoms with Crippen LogP contribution in [-0.4, -0.2) is 36.0 Å². The lowest BCUT2D eigenvalue weighted by atomic mass is 9.93. The van der Waals surface area contributed by atoms with Crippen molar-refractivity contribution in [3.05, 3.63) is 93.0 Å². The first-order chi connectivity index (χ1) is 25.2. The lowest BCUT2D eigenvalue weighted by molar-refractivity contribution is -0.142. The molecule has 3 aromatic heterocycles. The topological polar surface area (TPSA) is 130 Å². The fourth-order valence-corrected chi connectivity index (χ4v) is 6.58. The number of nitrogens with one attached hydrogen (secondary N) is 1. The molecule has 1 aliphatic carbocycles. The Morgan fingerprint density at radius 2 is 1.70 bits per heavy atom. The van der Waals surface area contributed by atoms with Gasteiger partial charge >= 0.3 is 6.18 Å². The largest absolute Gasteiger partial charge is 0.435 e. The lowest BCUT2D eigenvalue weighted by Crippen LogP contribution is -2.35. The van der Waals surface area contributed by atoms with Gasteiger partial charge in [0.15, 0.2) is 11.5 Å². The van der Waals surface area contributed by atoms with Crippen LogP contribution in [0.1, 0.15) is 74.1 Å². The number of nitrogens with zero attached hydrogens (tertiary/aromatic N) is 5. The number of fused-ring (bicyclic) bond motifs is 2. The third-order valence-corrected chi connectivity index (χ3v) is 8.68. The summed E-state index contributed by atoms with van der Waals surface area (Å²) in [4.78, 5) is 18.4. The molecule has 1 atom stereocenters. The van der Waals surface area contributed by atoms with Gasteiger partial charge in [-0.05, 0) is 68.5 Å². The number of aromatic nitrogens is 5. The van der Waals surface area contributed by atoms with Gasteiger partial charge in [0.25, 0.3) is 5.92 Å². The van der Waals surface area contributed by atoms with Gasteiger partial charge in [-0.3, -0.25) is 14.2 Å². The van der Waals surface area contributed by atoms with Gasteiger partial charge in [0.05, 0.1) is 33.2 Å². The van der Waals surface area contributed by atoms with Crippen LogP contribution in [0.3, 0.4) is 0 Å². The fourth-order valence-electron chi connectivity index (χ4n) is 6.33. The van der Waals surface area contributed by atoms with E-state index < -0.39 is 77.6 Å². The van der Waals surface area contributed by atoms with Crippen LogP contribution < -0.4 is 16.8 Å². The summed E-state index contributed by atoms with van der Waals surface area (Å²) in [5, 5.41) is 11.0. The maximum atomic E-state index is 14.9. The molecule has 1 amide bonds. The third-order valence-electron chi connectivity index (χ3n) is 8.37. The van der Waals surface area contributed by atoms with Gasteiger partial charge in [-0.25, -0.2) is 13.8 Å². The zero-order valence-corrected chi connectivity index (χ0v) is 30.5. The number of nitrogens with two attached hydrogens (primary N) is 2. The lowest BCUT2D eigenvalue weighted by Gasteiger charge is -2.23. The summed E-state index contributed by atoms with van der Waals surface area (Å²) in [5.74, 6) is -0.711. The number of amides is 1. The first kappa shape index (κ1) is 40.1. The maximum absolute atomic E-state index is 14.9. The number of anilines is 1. The number of halogens is 8. The maximum Gasteiger partial charge on any atom is 0.435 e.